The lowest BCUT2D eigenvalue weighted by molar-refractivity contribution is 0.0722. The molecule has 0 saturated heterocycles. The minimum absolute atomic E-state index is 0.129. The van der Waals surface area contributed by atoms with Gasteiger partial charge in [-0.2, -0.15) is 9.97 Å². The SMILES string of the molecule is C=COC(CC)COc1cc(OCC(CC)OC=C)nc(OCC(CC)OC=C)n1. The summed E-state index contributed by atoms with van der Waals surface area (Å²) >= 11 is 0. The van der Waals surface area contributed by atoms with E-state index in [4.69, 9.17) is 28.4 Å². The van der Waals surface area contributed by atoms with Crippen molar-refractivity contribution < 1.29 is 28.4 Å². The van der Waals surface area contributed by atoms with Crippen LogP contribution in [0.1, 0.15) is 40.0 Å². The van der Waals surface area contributed by atoms with Gasteiger partial charge in [-0.25, -0.2) is 0 Å². The first kappa shape index (κ1) is 25.1. The molecule has 0 spiro atoms. The van der Waals surface area contributed by atoms with Crippen LogP contribution in [-0.4, -0.2) is 48.1 Å². The van der Waals surface area contributed by atoms with Crippen LogP contribution < -0.4 is 14.2 Å². The summed E-state index contributed by atoms with van der Waals surface area (Å²) < 4.78 is 33.4. The molecule has 1 rings (SSSR count). The Morgan fingerprint density at radius 1 is 0.700 bits per heavy atom. The minimum Gasteiger partial charge on any atom is -0.495 e. The highest BCUT2D eigenvalue weighted by molar-refractivity contribution is 5.23. The van der Waals surface area contributed by atoms with Gasteiger partial charge in [0.1, 0.15) is 38.1 Å². The van der Waals surface area contributed by atoms with E-state index in [1.165, 1.54) is 18.8 Å². The summed E-state index contributed by atoms with van der Waals surface area (Å²) in [5.41, 5.74) is 0. The van der Waals surface area contributed by atoms with Gasteiger partial charge in [-0.1, -0.05) is 40.5 Å². The third kappa shape index (κ3) is 9.54. The molecule has 0 fully saturated rings. The van der Waals surface area contributed by atoms with Gasteiger partial charge in [0.2, 0.25) is 11.8 Å². The van der Waals surface area contributed by atoms with Gasteiger partial charge in [0, 0.05) is 0 Å². The molecule has 0 aliphatic rings. The maximum atomic E-state index is 5.78. The molecule has 1 aromatic rings. The van der Waals surface area contributed by atoms with E-state index in [9.17, 15) is 0 Å². The third-order valence-electron chi connectivity index (χ3n) is 4.12. The monoisotopic (exact) mass is 422 g/mol. The molecule has 1 aromatic heterocycles. The zero-order valence-corrected chi connectivity index (χ0v) is 18.2. The molecule has 8 nitrogen and oxygen atoms in total. The molecule has 3 atom stereocenters. The molecule has 0 saturated carbocycles. The van der Waals surface area contributed by atoms with Crippen molar-refractivity contribution in [3.05, 3.63) is 44.6 Å². The van der Waals surface area contributed by atoms with Crippen molar-refractivity contribution in [1.82, 2.24) is 9.97 Å². The average molecular weight is 423 g/mol. The predicted molar refractivity (Wildman–Crippen MR) is 115 cm³/mol. The van der Waals surface area contributed by atoms with Crippen LogP contribution in [0, 0.1) is 0 Å². The maximum Gasteiger partial charge on any atom is 0.323 e. The largest absolute Gasteiger partial charge is 0.495 e. The Morgan fingerprint density at radius 2 is 1.07 bits per heavy atom. The molecular formula is C22H34N2O6. The summed E-state index contributed by atoms with van der Waals surface area (Å²) in [6, 6.07) is 1.73. The van der Waals surface area contributed by atoms with Gasteiger partial charge in [0.25, 0.3) is 0 Å². The van der Waals surface area contributed by atoms with Gasteiger partial charge in [-0.15, -0.1) is 0 Å². The summed E-state index contributed by atoms with van der Waals surface area (Å²) in [7, 11) is 0. The summed E-state index contributed by atoms with van der Waals surface area (Å²) in [6.45, 7) is 17.6. The number of aromatic nitrogens is 2. The van der Waals surface area contributed by atoms with Gasteiger partial charge in [0.15, 0.2) is 0 Å². The van der Waals surface area contributed by atoms with E-state index in [1.807, 2.05) is 20.8 Å². The van der Waals surface area contributed by atoms with Crippen LogP contribution in [0.5, 0.6) is 17.8 Å². The maximum absolute atomic E-state index is 5.78. The fraction of sp³-hybridized carbons (Fsp3) is 0.545. The van der Waals surface area contributed by atoms with Crippen LogP contribution in [0.2, 0.25) is 0 Å². The van der Waals surface area contributed by atoms with Gasteiger partial charge >= 0.3 is 6.01 Å². The van der Waals surface area contributed by atoms with Crippen LogP contribution >= 0.6 is 0 Å². The summed E-state index contributed by atoms with van der Waals surface area (Å²) in [5, 5.41) is 0. The lowest BCUT2D eigenvalue weighted by Gasteiger charge is -2.18. The fourth-order valence-corrected chi connectivity index (χ4v) is 2.29. The van der Waals surface area contributed by atoms with Gasteiger partial charge < -0.3 is 28.4 Å². The molecular weight excluding hydrogens is 388 g/mol. The molecule has 0 radical (unpaired) electrons. The van der Waals surface area contributed by atoms with E-state index in [1.54, 1.807) is 6.07 Å². The van der Waals surface area contributed by atoms with E-state index < -0.39 is 0 Å². The molecule has 0 N–H and O–H groups in total. The van der Waals surface area contributed by atoms with E-state index >= 15 is 0 Å². The van der Waals surface area contributed by atoms with E-state index in [0.717, 1.165) is 19.3 Å². The van der Waals surface area contributed by atoms with Crippen molar-refractivity contribution in [2.75, 3.05) is 19.8 Å². The highest BCUT2D eigenvalue weighted by atomic mass is 16.6. The number of hydrogen-bond donors (Lipinski definition) is 0. The standard InChI is InChI=1S/C22H34N2O6/c1-7-17(25-10-4)14-28-20-13-21(29-15-18(8-2)26-11-5)24-22(23-20)30-16-19(9-3)27-12-6/h10-13,17-19H,4-9,14-16H2,1-3H3. The lowest BCUT2D eigenvalue weighted by atomic mass is 10.3. The van der Waals surface area contributed by atoms with Crippen LogP contribution in [0.4, 0.5) is 0 Å². The quantitative estimate of drug-likeness (QED) is 0.321. The Kier molecular flexibility index (Phi) is 12.6. The summed E-state index contributed by atoms with van der Waals surface area (Å²) in [5.74, 6) is 0.632. The fourth-order valence-electron chi connectivity index (χ4n) is 2.29. The van der Waals surface area contributed by atoms with E-state index in [2.05, 4.69) is 29.7 Å². The molecule has 3 unspecified atom stereocenters. The van der Waals surface area contributed by atoms with Crippen LogP contribution in [0.15, 0.2) is 44.6 Å². The second kappa shape index (κ2) is 15.0. The van der Waals surface area contributed by atoms with Gasteiger partial charge in [0.05, 0.1) is 24.9 Å². The number of rotatable bonds is 18. The van der Waals surface area contributed by atoms with Crippen molar-refractivity contribution in [2.24, 2.45) is 0 Å². The van der Waals surface area contributed by atoms with E-state index in [0.29, 0.717) is 25.0 Å². The zero-order valence-electron chi connectivity index (χ0n) is 18.2. The molecule has 8 heteroatoms. The molecule has 0 aliphatic heterocycles. The Hall–Kier alpha value is -2.90. The minimum atomic E-state index is -0.157. The molecule has 168 valence electrons. The second-order valence-corrected chi connectivity index (χ2v) is 6.26. The van der Waals surface area contributed by atoms with Crippen LogP contribution in [0.25, 0.3) is 0 Å². The number of ether oxygens (including phenoxy) is 6. The van der Waals surface area contributed by atoms with Gasteiger partial charge in [-0.05, 0) is 19.3 Å². The Balaban J connectivity index is 2.91. The second-order valence-electron chi connectivity index (χ2n) is 6.26. The summed E-state index contributed by atoms with van der Waals surface area (Å²) in [4.78, 5) is 8.61. The van der Waals surface area contributed by atoms with Crippen LogP contribution in [-0.2, 0) is 14.2 Å². The first-order valence-electron chi connectivity index (χ1n) is 10.2. The Bertz CT molecular complexity index is 542. The summed E-state index contributed by atoms with van der Waals surface area (Å²) in [6.07, 6.45) is 6.03. The Morgan fingerprint density at radius 3 is 1.40 bits per heavy atom. The normalized spacial score (nSPS) is 13.3. The highest BCUT2D eigenvalue weighted by Gasteiger charge is 2.15. The highest BCUT2D eigenvalue weighted by Crippen LogP contribution is 2.21. The molecule has 0 aromatic carbocycles. The molecule has 1 heterocycles. The first-order valence-corrected chi connectivity index (χ1v) is 10.2. The molecule has 0 bridgehead atoms. The average Bonchev–Trinajstić information content (AvgIpc) is 2.76. The molecule has 0 amide bonds. The van der Waals surface area contributed by atoms with Gasteiger partial charge in [-0.3, -0.25) is 0 Å². The first-order chi connectivity index (χ1) is 14.6. The lowest BCUT2D eigenvalue weighted by Crippen LogP contribution is -2.22. The predicted octanol–water partition coefficient (Wildman–Crippen LogP) is 4.43. The van der Waals surface area contributed by atoms with Crippen molar-refractivity contribution in [2.45, 2.75) is 58.3 Å². The van der Waals surface area contributed by atoms with Crippen molar-refractivity contribution in [1.29, 1.82) is 0 Å². The van der Waals surface area contributed by atoms with Crippen LogP contribution in [0.3, 0.4) is 0 Å². The molecule has 0 aliphatic carbocycles. The van der Waals surface area contributed by atoms with E-state index in [-0.39, 0.29) is 30.9 Å². The zero-order chi connectivity index (χ0) is 22.2. The number of nitrogens with zero attached hydrogens (tertiary/aromatic N) is 2. The van der Waals surface area contributed by atoms with Crippen molar-refractivity contribution >= 4 is 0 Å². The van der Waals surface area contributed by atoms with Crippen molar-refractivity contribution in [3.63, 3.8) is 0 Å². The van der Waals surface area contributed by atoms with Crippen molar-refractivity contribution in [3.8, 4) is 17.8 Å². The topological polar surface area (TPSA) is 81.2 Å². The number of hydrogen-bond acceptors (Lipinski definition) is 8. The molecule has 30 heavy (non-hydrogen) atoms. The third-order valence-corrected chi connectivity index (χ3v) is 4.12. The Labute approximate surface area is 179 Å². The smallest absolute Gasteiger partial charge is 0.323 e.